The average Bonchev–Trinajstić information content (AvgIpc) is 3.54. The van der Waals surface area contributed by atoms with E-state index in [1.807, 2.05) is 35.2 Å². The maximum Gasteiger partial charge on any atom is 0.139 e. The van der Waals surface area contributed by atoms with Crippen LogP contribution in [0.2, 0.25) is 0 Å². The second-order valence-electron chi connectivity index (χ2n) is 8.64. The molecule has 172 valence electrons. The predicted octanol–water partition coefficient (Wildman–Crippen LogP) is 3.17. The van der Waals surface area contributed by atoms with Gasteiger partial charge in [0.15, 0.2) is 0 Å². The highest BCUT2D eigenvalue weighted by Gasteiger charge is 2.17. The Kier molecular flexibility index (Phi) is 5.31. The molecule has 0 radical (unpaired) electrons. The Morgan fingerprint density at radius 1 is 0.971 bits per heavy atom. The van der Waals surface area contributed by atoms with Crippen LogP contribution in [-0.2, 0) is 6.54 Å². The van der Waals surface area contributed by atoms with Gasteiger partial charge in [0, 0.05) is 36.3 Å². The molecule has 0 unspecified atom stereocenters. The van der Waals surface area contributed by atoms with E-state index in [1.54, 1.807) is 11.0 Å². The summed E-state index contributed by atoms with van der Waals surface area (Å²) < 4.78 is 9.61. The summed E-state index contributed by atoms with van der Waals surface area (Å²) in [6, 6.07) is 16.9. The first-order valence-corrected chi connectivity index (χ1v) is 11.6. The molecular weight excluding hydrogens is 428 g/mol. The summed E-state index contributed by atoms with van der Waals surface area (Å²) in [7, 11) is 0. The molecule has 3 aromatic heterocycles. The van der Waals surface area contributed by atoms with Crippen molar-refractivity contribution in [2.24, 2.45) is 5.73 Å². The maximum atomic E-state index is 6.06. The molecule has 2 aromatic carbocycles. The van der Waals surface area contributed by atoms with Crippen LogP contribution < -0.4 is 15.4 Å². The van der Waals surface area contributed by atoms with Gasteiger partial charge >= 0.3 is 0 Å². The lowest BCUT2D eigenvalue weighted by atomic mass is 10.0. The fourth-order valence-corrected chi connectivity index (χ4v) is 4.46. The number of nitrogens with two attached hydrogens (primary N) is 1. The first-order chi connectivity index (χ1) is 16.7. The van der Waals surface area contributed by atoms with E-state index in [4.69, 9.17) is 15.5 Å². The van der Waals surface area contributed by atoms with Crippen LogP contribution in [0.5, 0.6) is 5.75 Å². The predicted molar refractivity (Wildman–Crippen MR) is 131 cm³/mol. The number of nitrogens with zero attached hydrogens (tertiary/aromatic N) is 7. The molecule has 5 aromatic rings. The third kappa shape index (κ3) is 4.06. The maximum absolute atomic E-state index is 6.06. The highest BCUT2D eigenvalue weighted by Crippen LogP contribution is 2.26. The summed E-state index contributed by atoms with van der Waals surface area (Å²) >= 11 is 0. The molecule has 0 saturated carbocycles. The number of anilines is 1. The Morgan fingerprint density at radius 2 is 1.88 bits per heavy atom. The second kappa shape index (κ2) is 8.75. The molecule has 1 fully saturated rings. The van der Waals surface area contributed by atoms with Crippen molar-refractivity contribution >= 4 is 27.6 Å². The van der Waals surface area contributed by atoms with E-state index in [9.17, 15) is 0 Å². The van der Waals surface area contributed by atoms with Gasteiger partial charge in [0.25, 0.3) is 0 Å². The summed E-state index contributed by atoms with van der Waals surface area (Å²) in [6.45, 7) is 3.16. The van der Waals surface area contributed by atoms with Crippen LogP contribution >= 0.6 is 0 Å². The van der Waals surface area contributed by atoms with Crippen molar-refractivity contribution in [2.75, 3.05) is 24.6 Å². The standard InChI is InChI=1S/C25H26N8O/c26-19-7-9-31(10-8-19)20-2-4-22-18(13-20)1-6-25(30-22)33-17-28-23-14-21(3-5-24(23)33)34-12-11-32-16-27-15-29-32/h1-6,13-17,19H,7-12,26H2. The molecule has 9 heteroatoms. The lowest BCUT2D eigenvalue weighted by Gasteiger charge is -2.32. The van der Waals surface area contributed by atoms with Gasteiger partial charge in [-0.3, -0.25) is 4.57 Å². The number of benzene rings is 2. The van der Waals surface area contributed by atoms with Crippen LogP contribution in [0.4, 0.5) is 5.69 Å². The van der Waals surface area contributed by atoms with E-state index in [0.717, 1.165) is 59.4 Å². The second-order valence-corrected chi connectivity index (χ2v) is 8.64. The molecule has 4 heterocycles. The zero-order valence-corrected chi connectivity index (χ0v) is 18.8. The normalized spacial score (nSPS) is 14.8. The number of piperidine rings is 1. The molecule has 0 aliphatic carbocycles. The largest absolute Gasteiger partial charge is 0.492 e. The number of hydrogen-bond acceptors (Lipinski definition) is 7. The lowest BCUT2D eigenvalue weighted by Crippen LogP contribution is -2.39. The third-order valence-electron chi connectivity index (χ3n) is 6.38. The number of ether oxygens (including phenoxy) is 1. The van der Waals surface area contributed by atoms with Gasteiger partial charge < -0.3 is 15.4 Å². The topological polar surface area (TPSA) is 99.9 Å². The van der Waals surface area contributed by atoms with Gasteiger partial charge in [-0.25, -0.2) is 19.6 Å². The molecule has 1 saturated heterocycles. The molecular formula is C25H26N8O. The minimum atomic E-state index is 0.327. The van der Waals surface area contributed by atoms with Gasteiger partial charge in [0.1, 0.15) is 37.2 Å². The zero-order valence-electron chi connectivity index (χ0n) is 18.8. The molecule has 6 rings (SSSR count). The molecule has 0 atom stereocenters. The highest BCUT2D eigenvalue weighted by atomic mass is 16.5. The smallest absolute Gasteiger partial charge is 0.139 e. The first kappa shape index (κ1) is 20.6. The molecule has 1 aliphatic heterocycles. The van der Waals surface area contributed by atoms with Crippen molar-refractivity contribution in [3.8, 4) is 11.6 Å². The average molecular weight is 455 g/mol. The molecule has 0 amide bonds. The molecule has 9 nitrogen and oxygen atoms in total. The van der Waals surface area contributed by atoms with Gasteiger partial charge in [0.05, 0.1) is 23.1 Å². The summed E-state index contributed by atoms with van der Waals surface area (Å²) in [5.41, 5.74) is 10.1. The number of hydrogen-bond donors (Lipinski definition) is 1. The van der Waals surface area contributed by atoms with Crippen LogP contribution in [0.15, 0.2) is 67.5 Å². The zero-order chi connectivity index (χ0) is 22.9. The minimum Gasteiger partial charge on any atom is -0.492 e. The number of rotatable bonds is 6. The van der Waals surface area contributed by atoms with Crippen molar-refractivity contribution in [1.82, 2.24) is 29.3 Å². The van der Waals surface area contributed by atoms with Crippen LogP contribution in [0.1, 0.15) is 12.8 Å². The van der Waals surface area contributed by atoms with Crippen molar-refractivity contribution < 1.29 is 4.74 Å². The van der Waals surface area contributed by atoms with Gasteiger partial charge in [-0.05, 0) is 55.3 Å². The Balaban J connectivity index is 1.21. The van der Waals surface area contributed by atoms with Crippen molar-refractivity contribution in [1.29, 1.82) is 0 Å². The van der Waals surface area contributed by atoms with Gasteiger partial charge in [-0.2, -0.15) is 5.10 Å². The fourth-order valence-electron chi connectivity index (χ4n) is 4.46. The van der Waals surface area contributed by atoms with E-state index in [2.05, 4.69) is 44.2 Å². The third-order valence-corrected chi connectivity index (χ3v) is 6.38. The van der Waals surface area contributed by atoms with Gasteiger partial charge in [-0.1, -0.05) is 0 Å². The van der Waals surface area contributed by atoms with E-state index in [-0.39, 0.29) is 0 Å². The summed E-state index contributed by atoms with van der Waals surface area (Å²) in [4.78, 5) is 15.8. The summed E-state index contributed by atoms with van der Waals surface area (Å²) in [5, 5.41) is 5.21. The van der Waals surface area contributed by atoms with Gasteiger partial charge in [-0.15, -0.1) is 0 Å². The monoisotopic (exact) mass is 454 g/mol. The Hall–Kier alpha value is -3.98. The molecule has 34 heavy (non-hydrogen) atoms. The number of imidazole rings is 1. The van der Waals surface area contributed by atoms with E-state index in [0.29, 0.717) is 19.2 Å². The quantitative estimate of drug-likeness (QED) is 0.421. The SMILES string of the molecule is NC1CCN(c2ccc3nc(-n4cnc5cc(OCCn6cncn6)ccc54)ccc3c2)CC1. The van der Waals surface area contributed by atoms with Crippen LogP contribution in [0, 0.1) is 0 Å². The Morgan fingerprint density at radius 3 is 2.74 bits per heavy atom. The van der Waals surface area contributed by atoms with E-state index in [1.165, 1.54) is 12.0 Å². The molecule has 0 spiro atoms. The first-order valence-electron chi connectivity index (χ1n) is 11.6. The van der Waals surface area contributed by atoms with Crippen LogP contribution in [-0.4, -0.2) is 55.0 Å². The minimum absolute atomic E-state index is 0.327. The Labute approximate surface area is 196 Å². The summed E-state index contributed by atoms with van der Waals surface area (Å²) in [5.74, 6) is 1.61. The van der Waals surface area contributed by atoms with Crippen molar-refractivity contribution in [3.05, 3.63) is 67.5 Å². The Bertz CT molecular complexity index is 1420. The molecule has 0 bridgehead atoms. The van der Waals surface area contributed by atoms with E-state index >= 15 is 0 Å². The van der Waals surface area contributed by atoms with E-state index < -0.39 is 0 Å². The lowest BCUT2D eigenvalue weighted by molar-refractivity contribution is 0.291. The number of fused-ring (bicyclic) bond motifs is 2. The van der Waals surface area contributed by atoms with Crippen LogP contribution in [0.25, 0.3) is 27.8 Å². The fraction of sp³-hybridized carbons (Fsp3) is 0.280. The van der Waals surface area contributed by atoms with Gasteiger partial charge in [0.2, 0.25) is 0 Å². The van der Waals surface area contributed by atoms with Crippen molar-refractivity contribution in [2.45, 2.75) is 25.4 Å². The van der Waals surface area contributed by atoms with Crippen LogP contribution in [0.3, 0.4) is 0 Å². The molecule has 2 N–H and O–H groups in total. The number of aromatic nitrogens is 6. The van der Waals surface area contributed by atoms with Crippen molar-refractivity contribution in [3.63, 3.8) is 0 Å². The summed E-state index contributed by atoms with van der Waals surface area (Å²) in [6.07, 6.45) is 7.08. The number of pyridine rings is 1. The molecule has 1 aliphatic rings. The highest BCUT2D eigenvalue weighted by molar-refractivity contribution is 5.84.